The lowest BCUT2D eigenvalue weighted by molar-refractivity contribution is 0.0450. The van der Waals surface area contributed by atoms with Crippen molar-refractivity contribution < 1.29 is 27.4 Å². The minimum atomic E-state index is -3.78. The number of rotatable bonds is 8. The molecule has 0 aliphatic heterocycles. The Labute approximate surface area is 156 Å². The summed E-state index contributed by atoms with van der Waals surface area (Å²) in [6.45, 7) is 0.146. The van der Waals surface area contributed by atoms with Gasteiger partial charge in [0, 0.05) is 5.02 Å². The van der Waals surface area contributed by atoms with E-state index in [1.807, 2.05) is 0 Å². The Morgan fingerprint density at radius 3 is 2.42 bits per heavy atom. The fraction of sp³-hybridized carbons (Fsp3) is 0.235. The van der Waals surface area contributed by atoms with Gasteiger partial charge in [0.2, 0.25) is 10.0 Å². The molecule has 2 rings (SSSR count). The summed E-state index contributed by atoms with van der Waals surface area (Å²) in [7, 11) is -1.16. The van der Waals surface area contributed by atoms with Crippen LogP contribution in [0.3, 0.4) is 0 Å². The van der Waals surface area contributed by atoms with E-state index in [2.05, 4.69) is 4.72 Å². The molecule has 9 heteroatoms. The summed E-state index contributed by atoms with van der Waals surface area (Å²) in [6.07, 6.45) is 0. The monoisotopic (exact) mass is 399 g/mol. The van der Waals surface area contributed by atoms with Crippen molar-refractivity contribution in [2.75, 3.05) is 27.4 Å². The zero-order valence-electron chi connectivity index (χ0n) is 14.2. The Morgan fingerprint density at radius 1 is 1.12 bits per heavy atom. The molecule has 0 amide bonds. The van der Waals surface area contributed by atoms with E-state index in [0.717, 1.165) is 0 Å². The van der Waals surface area contributed by atoms with Crippen LogP contribution in [0.2, 0.25) is 5.02 Å². The number of hydrogen-bond donors (Lipinski definition) is 1. The predicted octanol–water partition coefficient (Wildman–Crippen LogP) is 2.49. The number of nitrogens with one attached hydrogen (secondary N) is 1. The summed E-state index contributed by atoms with van der Waals surface area (Å²) < 4.78 is 41.8. The number of esters is 1. The minimum absolute atomic E-state index is 0.00159. The van der Waals surface area contributed by atoms with Gasteiger partial charge in [0.25, 0.3) is 0 Å². The molecule has 0 spiro atoms. The highest BCUT2D eigenvalue weighted by Crippen LogP contribution is 2.25. The second kappa shape index (κ2) is 8.88. The number of sulfonamides is 1. The fourth-order valence-electron chi connectivity index (χ4n) is 2.03. The van der Waals surface area contributed by atoms with Gasteiger partial charge in [-0.15, -0.1) is 0 Å². The molecule has 2 aromatic carbocycles. The highest BCUT2D eigenvalue weighted by atomic mass is 35.5. The molecule has 0 aliphatic carbocycles. The predicted molar refractivity (Wildman–Crippen MR) is 96.5 cm³/mol. The van der Waals surface area contributed by atoms with Crippen LogP contribution < -0.4 is 14.2 Å². The van der Waals surface area contributed by atoms with Crippen LogP contribution in [0, 0.1) is 0 Å². The Kier molecular flexibility index (Phi) is 6.84. The van der Waals surface area contributed by atoms with Gasteiger partial charge >= 0.3 is 5.97 Å². The molecule has 0 heterocycles. The standard InChI is InChI=1S/C17H18ClNO6S/c1-19-26(21,22)16-11-12(3-8-15(16)23-2)17(20)25-10-9-24-14-6-4-13(18)5-7-14/h3-8,11,19H,9-10H2,1-2H3. The number of ether oxygens (including phenoxy) is 3. The van der Waals surface area contributed by atoms with Gasteiger partial charge in [-0.1, -0.05) is 11.6 Å². The van der Waals surface area contributed by atoms with Crippen molar-refractivity contribution in [3.05, 3.63) is 53.1 Å². The first-order valence-corrected chi connectivity index (χ1v) is 9.40. The van der Waals surface area contributed by atoms with E-state index in [1.165, 1.54) is 32.4 Å². The van der Waals surface area contributed by atoms with Gasteiger partial charge in [0.1, 0.15) is 29.6 Å². The van der Waals surface area contributed by atoms with Gasteiger partial charge in [-0.3, -0.25) is 0 Å². The lowest BCUT2D eigenvalue weighted by atomic mass is 10.2. The first-order valence-electron chi connectivity index (χ1n) is 7.54. The third kappa shape index (κ3) is 5.10. The van der Waals surface area contributed by atoms with E-state index in [9.17, 15) is 13.2 Å². The van der Waals surface area contributed by atoms with E-state index in [4.69, 9.17) is 25.8 Å². The molecule has 0 aromatic heterocycles. The van der Waals surface area contributed by atoms with Crippen molar-refractivity contribution in [3.63, 3.8) is 0 Å². The third-order valence-electron chi connectivity index (χ3n) is 3.36. The Bertz CT molecular complexity index is 867. The largest absolute Gasteiger partial charge is 0.495 e. The first kappa shape index (κ1) is 20.0. The second-order valence-electron chi connectivity index (χ2n) is 5.01. The van der Waals surface area contributed by atoms with Crippen molar-refractivity contribution in [2.24, 2.45) is 0 Å². The van der Waals surface area contributed by atoms with Crippen molar-refractivity contribution >= 4 is 27.6 Å². The quantitative estimate of drug-likeness (QED) is 0.541. The molecule has 0 unspecified atom stereocenters. The highest BCUT2D eigenvalue weighted by molar-refractivity contribution is 7.89. The smallest absolute Gasteiger partial charge is 0.338 e. The normalized spacial score (nSPS) is 11.0. The fourth-order valence-corrected chi connectivity index (χ4v) is 3.08. The van der Waals surface area contributed by atoms with Crippen LogP contribution in [0.1, 0.15) is 10.4 Å². The molecule has 0 saturated heterocycles. The van der Waals surface area contributed by atoms with Gasteiger partial charge in [-0.25, -0.2) is 17.9 Å². The summed E-state index contributed by atoms with van der Waals surface area (Å²) in [4.78, 5) is 12.0. The summed E-state index contributed by atoms with van der Waals surface area (Å²) >= 11 is 5.78. The molecule has 0 bridgehead atoms. The van der Waals surface area contributed by atoms with Crippen LogP contribution in [0.5, 0.6) is 11.5 Å². The highest BCUT2D eigenvalue weighted by Gasteiger charge is 2.20. The minimum Gasteiger partial charge on any atom is -0.495 e. The van der Waals surface area contributed by atoms with Gasteiger partial charge in [0.05, 0.1) is 12.7 Å². The van der Waals surface area contributed by atoms with Crippen LogP contribution in [-0.4, -0.2) is 41.8 Å². The average Bonchev–Trinajstić information content (AvgIpc) is 2.65. The summed E-state index contributed by atoms with van der Waals surface area (Å²) in [5, 5.41) is 0.593. The molecule has 1 N–H and O–H groups in total. The molecule has 0 aliphatic rings. The Hall–Kier alpha value is -2.29. The van der Waals surface area contributed by atoms with E-state index in [0.29, 0.717) is 10.8 Å². The number of benzene rings is 2. The van der Waals surface area contributed by atoms with Gasteiger partial charge in [-0.2, -0.15) is 0 Å². The molecule has 0 fully saturated rings. The number of carbonyl (C=O) groups excluding carboxylic acids is 1. The number of methoxy groups -OCH3 is 1. The molecule has 2 aromatic rings. The Morgan fingerprint density at radius 2 is 1.81 bits per heavy atom. The van der Waals surface area contributed by atoms with Gasteiger partial charge in [0.15, 0.2) is 0 Å². The van der Waals surface area contributed by atoms with E-state index in [-0.39, 0.29) is 29.4 Å². The first-order chi connectivity index (χ1) is 12.4. The molecular weight excluding hydrogens is 382 g/mol. The van der Waals surface area contributed by atoms with Crippen LogP contribution in [-0.2, 0) is 14.8 Å². The molecule has 26 heavy (non-hydrogen) atoms. The summed E-state index contributed by atoms with van der Waals surface area (Å²) in [6, 6.07) is 10.8. The lowest BCUT2D eigenvalue weighted by Crippen LogP contribution is -2.20. The van der Waals surface area contributed by atoms with E-state index >= 15 is 0 Å². The molecule has 0 saturated carbocycles. The SMILES string of the molecule is CNS(=O)(=O)c1cc(C(=O)OCCOc2ccc(Cl)cc2)ccc1OC. The number of hydrogen-bond acceptors (Lipinski definition) is 6. The maximum absolute atomic E-state index is 12.1. The number of halogens is 1. The van der Waals surface area contributed by atoms with Crippen molar-refractivity contribution in [2.45, 2.75) is 4.90 Å². The summed E-state index contributed by atoms with van der Waals surface area (Å²) in [5.41, 5.74) is 0.0890. The van der Waals surface area contributed by atoms with Crippen LogP contribution in [0.25, 0.3) is 0 Å². The number of carbonyl (C=O) groups is 1. The van der Waals surface area contributed by atoms with Gasteiger partial charge < -0.3 is 14.2 Å². The topological polar surface area (TPSA) is 90.9 Å². The second-order valence-corrected chi connectivity index (χ2v) is 7.30. The molecule has 0 atom stereocenters. The lowest BCUT2D eigenvalue weighted by Gasteiger charge is -2.11. The maximum Gasteiger partial charge on any atom is 0.338 e. The van der Waals surface area contributed by atoms with Crippen molar-refractivity contribution in [1.29, 1.82) is 0 Å². The zero-order valence-corrected chi connectivity index (χ0v) is 15.8. The maximum atomic E-state index is 12.1. The molecule has 140 valence electrons. The van der Waals surface area contributed by atoms with Gasteiger partial charge in [-0.05, 0) is 49.5 Å². The molecule has 7 nitrogen and oxygen atoms in total. The van der Waals surface area contributed by atoms with Crippen LogP contribution in [0.15, 0.2) is 47.4 Å². The van der Waals surface area contributed by atoms with Crippen LogP contribution >= 0.6 is 11.6 Å². The third-order valence-corrected chi connectivity index (χ3v) is 5.04. The molecule has 0 radical (unpaired) electrons. The average molecular weight is 400 g/mol. The summed E-state index contributed by atoms with van der Waals surface area (Å²) in [5.74, 6) is 0.0548. The van der Waals surface area contributed by atoms with Crippen molar-refractivity contribution in [1.82, 2.24) is 4.72 Å². The Balaban J connectivity index is 1.98. The van der Waals surface area contributed by atoms with E-state index < -0.39 is 16.0 Å². The molecular formula is C17H18ClNO6S. The van der Waals surface area contributed by atoms with Crippen LogP contribution in [0.4, 0.5) is 0 Å². The zero-order chi connectivity index (χ0) is 19.2. The van der Waals surface area contributed by atoms with E-state index in [1.54, 1.807) is 24.3 Å². The van der Waals surface area contributed by atoms with Crippen molar-refractivity contribution in [3.8, 4) is 11.5 Å².